The quantitative estimate of drug-likeness (QED) is 0.683. The van der Waals surface area contributed by atoms with E-state index < -0.39 is 0 Å². The largest absolute Gasteiger partial charge is 0.365 e. The van der Waals surface area contributed by atoms with Crippen LogP contribution in [-0.2, 0) is 13.0 Å². The lowest BCUT2D eigenvalue weighted by Crippen LogP contribution is -2.15. The van der Waals surface area contributed by atoms with Crippen LogP contribution >= 0.6 is 15.9 Å². The molecule has 3 rings (SSSR count). The van der Waals surface area contributed by atoms with E-state index in [1.54, 1.807) is 12.1 Å². The van der Waals surface area contributed by atoms with Gasteiger partial charge in [0.05, 0.1) is 0 Å². The molecule has 0 amide bonds. The molecule has 0 aliphatic heterocycles. The van der Waals surface area contributed by atoms with Crippen molar-refractivity contribution in [2.45, 2.75) is 26.3 Å². The molecule has 128 valence electrons. The zero-order valence-corrected chi connectivity index (χ0v) is 15.0. The van der Waals surface area contributed by atoms with Gasteiger partial charge in [-0.25, -0.2) is 9.37 Å². The van der Waals surface area contributed by atoms with Crippen molar-refractivity contribution in [2.24, 2.45) is 0 Å². The zero-order chi connectivity index (χ0) is 18.0. The number of rotatable bonds is 5. The Morgan fingerprint density at radius 1 is 1.44 bits per heavy atom. The molecule has 2 aromatic heterocycles. The molecule has 6 nitrogen and oxygen atoms in total. The summed E-state index contributed by atoms with van der Waals surface area (Å²) in [7, 11) is 0. The number of halogens is 2. The van der Waals surface area contributed by atoms with Gasteiger partial charge in [0.2, 0.25) is 0 Å². The lowest BCUT2D eigenvalue weighted by Gasteiger charge is -2.06. The van der Waals surface area contributed by atoms with Crippen molar-refractivity contribution in [3.05, 3.63) is 61.7 Å². The highest BCUT2D eigenvalue weighted by Crippen LogP contribution is 2.20. The summed E-state index contributed by atoms with van der Waals surface area (Å²) in [5, 5.41) is 15.3. The summed E-state index contributed by atoms with van der Waals surface area (Å²) < 4.78 is 15.8. The van der Waals surface area contributed by atoms with Crippen LogP contribution in [0.2, 0.25) is 0 Å². The van der Waals surface area contributed by atoms with Gasteiger partial charge in [0.15, 0.2) is 5.65 Å². The van der Waals surface area contributed by atoms with Gasteiger partial charge in [-0.15, -0.1) is 0 Å². The van der Waals surface area contributed by atoms with Crippen molar-refractivity contribution in [3.63, 3.8) is 0 Å². The molecule has 0 fully saturated rings. The maximum absolute atomic E-state index is 13.9. The molecule has 3 aromatic rings. The molecule has 0 atom stereocenters. The van der Waals surface area contributed by atoms with E-state index in [2.05, 4.69) is 37.4 Å². The minimum atomic E-state index is -0.364. The SMILES string of the molecule is CCCc1cc(=O)n2[nH]c(NCc3ccc(Br)cc3F)c(C#N)c2n1. The Kier molecular flexibility index (Phi) is 4.86. The van der Waals surface area contributed by atoms with Crippen molar-refractivity contribution in [2.75, 3.05) is 5.32 Å². The molecule has 0 radical (unpaired) electrons. The van der Waals surface area contributed by atoms with Crippen LogP contribution in [0.3, 0.4) is 0 Å². The number of benzene rings is 1. The molecule has 1 aromatic carbocycles. The van der Waals surface area contributed by atoms with E-state index in [4.69, 9.17) is 0 Å². The van der Waals surface area contributed by atoms with Crippen molar-refractivity contribution in [1.82, 2.24) is 14.6 Å². The van der Waals surface area contributed by atoms with Gasteiger partial charge in [0.1, 0.15) is 23.3 Å². The van der Waals surface area contributed by atoms with Crippen LogP contribution in [0.1, 0.15) is 30.2 Å². The number of anilines is 1. The van der Waals surface area contributed by atoms with E-state index >= 15 is 0 Å². The molecule has 0 saturated heterocycles. The summed E-state index contributed by atoms with van der Waals surface area (Å²) in [6.07, 6.45) is 1.51. The van der Waals surface area contributed by atoms with Crippen molar-refractivity contribution >= 4 is 27.4 Å². The normalized spacial score (nSPS) is 10.8. The molecule has 25 heavy (non-hydrogen) atoms. The first-order chi connectivity index (χ1) is 12.0. The molecule has 2 N–H and O–H groups in total. The first-order valence-electron chi connectivity index (χ1n) is 7.76. The van der Waals surface area contributed by atoms with E-state index in [0.717, 1.165) is 6.42 Å². The Bertz CT molecular complexity index is 1030. The molecule has 0 bridgehead atoms. The minimum absolute atomic E-state index is 0.164. The molecular formula is C17H15BrFN5O. The van der Waals surface area contributed by atoms with Gasteiger partial charge in [0.25, 0.3) is 5.56 Å². The molecule has 0 spiro atoms. The molecule has 0 saturated carbocycles. The number of hydrogen-bond acceptors (Lipinski definition) is 4. The van der Waals surface area contributed by atoms with Gasteiger partial charge in [0, 0.05) is 28.3 Å². The third-order valence-corrected chi connectivity index (χ3v) is 4.25. The van der Waals surface area contributed by atoms with Crippen LogP contribution in [0.4, 0.5) is 10.2 Å². The average molecular weight is 404 g/mol. The lowest BCUT2D eigenvalue weighted by molar-refractivity contribution is 0.612. The highest BCUT2D eigenvalue weighted by atomic mass is 79.9. The number of nitrogens with zero attached hydrogens (tertiary/aromatic N) is 3. The second-order valence-corrected chi connectivity index (χ2v) is 6.47. The summed E-state index contributed by atoms with van der Waals surface area (Å²) >= 11 is 3.21. The fraction of sp³-hybridized carbons (Fsp3) is 0.235. The van der Waals surface area contributed by atoms with E-state index in [-0.39, 0.29) is 29.1 Å². The summed E-state index contributed by atoms with van der Waals surface area (Å²) in [6, 6.07) is 8.26. The van der Waals surface area contributed by atoms with Crippen molar-refractivity contribution in [3.8, 4) is 6.07 Å². The van der Waals surface area contributed by atoms with Gasteiger partial charge in [-0.1, -0.05) is 35.3 Å². The molecule has 8 heteroatoms. The lowest BCUT2D eigenvalue weighted by atomic mass is 10.2. The number of aryl methyl sites for hydroxylation is 1. The topological polar surface area (TPSA) is 86.0 Å². The van der Waals surface area contributed by atoms with Crippen molar-refractivity contribution in [1.29, 1.82) is 5.26 Å². The average Bonchev–Trinajstić information content (AvgIpc) is 2.92. The summed E-state index contributed by atoms with van der Waals surface area (Å²) in [5.74, 6) is -0.0277. The van der Waals surface area contributed by atoms with Gasteiger partial charge in [-0.05, 0) is 18.6 Å². The van der Waals surface area contributed by atoms with Crippen LogP contribution < -0.4 is 10.9 Å². The monoisotopic (exact) mass is 403 g/mol. The number of nitriles is 1. The Hall–Kier alpha value is -2.66. The molecule has 2 heterocycles. The first-order valence-corrected chi connectivity index (χ1v) is 8.55. The first kappa shape index (κ1) is 17.2. The number of aromatic nitrogens is 3. The second-order valence-electron chi connectivity index (χ2n) is 5.56. The number of hydrogen-bond donors (Lipinski definition) is 2. The van der Waals surface area contributed by atoms with Crippen LogP contribution in [0.15, 0.2) is 33.5 Å². The number of aromatic amines is 1. The number of fused-ring (bicyclic) bond motifs is 1. The van der Waals surface area contributed by atoms with Crippen LogP contribution in [0.25, 0.3) is 5.65 Å². The minimum Gasteiger partial charge on any atom is -0.365 e. The Morgan fingerprint density at radius 2 is 2.24 bits per heavy atom. The third-order valence-electron chi connectivity index (χ3n) is 3.76. The maximum Gasteiger partial charge on any atom is 0.272 e. The maximum atomic E-state index is 13.9. The van der Waals surface area contributed by atoms with E-state index in [9.17, 15) is 14.4 Å². The van der Waals surface area contributed by atoms with Gasteiger partial charge in [-0.3, -0.25) is 9.89 Å². The zero-order valence-electron chi connectivity index (χ0n) is 13.4. The Labute approximate surface area is 151 Å². The molecular weight excluding hydrogens is 389 g/mol. The summed E-state index contributed by atoms with van der Waals surface area (Å²) in [5.41, 5.74) is 1.31. The number of nitrogens with one attached hydrogen (secondary N) is 2. The second kappa shape index (κ2) is 7.07. The van der Waals surface area contributed by atoms with Gasteiger partial charge < -0.3 is 5.32 Å². The van der Waals surface area contributed by atoms with Crippen LogP contribution in [-0.4, -0.2) is 14.6 Å². The predicted molar refractivity (Wildman–Crippen MR) is 95.9 cm³/mol. The smallest absolute Gasteiger partial charge is 0.272 e. The standard InChI is InChI=1S/C17H15BrFN5O/c1-2-3-12-7-15(25)24-17(22-12)13(8-20)16(23-24)21-9-10-4-5-11(18)6-14(10)19/h4-7,21,23H,2-3,9H2,1H3. The highest BCUT2D eigenvalue weighted by Gasteiger charge is 2.15. The predicted octanol–water partition coefficient (Wildman–Crippen LogP) is 3.36. The van der Waals surface area contributed by atoms with Crippen LogP contribution in [0, 0.1) is 17.1 Å². The van der Waals surface area contributed by atoms with Crippen LogP contribution in [0.5, 0.6) is 0 Å². The van der Waals surface area contributed by atoms with E-state index in [0.29, 0.717) is 28.0 Å². The van der Waals surface area contributed by atoms with Gasteiger partial charge >= 0.3 is 0 Å². The van der Waals surface area contributed by atoms with Gasteiger partial charge in [-0.2, -0.15) is 9.78 Å². The number of H-pyrrole nitrogens is 1. The third kappa shape index (κ3) is 3.42. The Morgan fingerprint density at radius 3 is 2.92 bits per heavy atom. The van der Waals surface area contributed by atoms with E-state index in [1.807, 2.05) is 6.92 Å². The summed E-state index contributed by atoms with van der Waals surface area (Å²) in [6.45, 7) is 2.16. The molecule has 0 aliphatic rings. The highest BCUT2D eigenvalue weighted by molar-refractivity contribution is 9.10. The molecule has 0 unspecified atom stereocenters. The Balaban J connectivity index is 1.97. The van der Waals surface area contributed by atoms with E-state index in [1.165, 1.54) is 16.6 Å². The fourth-order valence-corrected chi connectivity index (χ4v) is 2.88. The van der Waals surface area contributed by atoms with Crippen molar-refractivity contribution < 1.29 is 4.39 Å². The molecule has 0 aliphatic carbocycles. The summed E-state index contributed by atoms with van der Waals surface area (Å²) in [4.78, 5) is 16.6. The fourth-order valence-electron chi connectivity index (χ4n) is 2.55.